The van der Waals surface area contributed by atoms with Gasteiger partial charge in [0.15, 0.2) is 0 Å². The molecule has 0 radical (unpaired) electrons. The van der Waals surface area contributed by atoms with Gasteiger partial charge in [-0.15, -0.1) is 0 Å². The number of piperidine rings is 2. The average Bonchev–Trinajstić information content (AvgIpc) is 2.58. The molecule has 2 heterocycles. The van der Waals surface area contributed by atoms with Crippen LogP contribution in [0.15, 0.2) is 12.1 Å². The highest BCUT2D eigenvalue weighted by Gasteiger charge is 2.47. The van der Waals surface area contributed by atoms with Crippen molar-refractivity contribution in [3.63, 3.8) is 0 Å². The van der Waals surface area contributed by atoms with Crippen molar-refractivity contribution in [1.29, 1.82) is 0 Å². The Balaban J connectivity index is 1.74. The lowest BCUT2D eigenvalue weighted by atomic mass is 9.69. The van der Waals surface area contributed by atoms with Crippen LogP contribution < -0.4 is 0 Å². The molecule has 25 heavy (non-hydrogen) atoms. The van der Waals surface area contributed by atoms with E-state index in [1.54, 1.807) is 0 Å². The minimum Gasteiger partial charge on any atom is -0.396 e. The molecule has 0 spiro atoms. The van der Waals surface area contributed by atoms with E-state index in [-0.39, 0.29) is 24.0 Å². The van der Waals surface area contributed by atoms with Gasteiger partial charge in [-0.2, -0.15) is 0 Å². The van der Waals surface area contributed by atoms with Crippen LogP contribution in [-0.4, -0.2) is 60.1 Å². The monoisotopic (exact) mass is 344 g/mol. The van der Waals surface area contributed by atoms with E-state index in [0.29, 0.717) is 6.42 Å². The first-order valence-electron chi connectivity index (χ1n) is 9.52. The predicted molar refractivity (Wildman–Crippen MR) is 101 cm³/mol. The molecule has 138 valence electrons. The molecule has 1 aromatic carbocycles. The highest BCUT2D eigenvalue weighted by molar-refractivity contribution is 5.79. The van der Waals surface area contributed by atoms with Crippen molar-refractivity contribution < 1.29 is 9.90 Å². The first kappa shape index (κ1) is 18.4. The summed E-state index contributed by atoms with van der Waals surface area (Å²) in [7, 11) is 2.14. The maximum Gasteiger partial charge on any atom is 0.227 e. The molecular weight excluding hydrogens is 312 g/mol. The summed E-state index contributed by atoms with van der Waals surface area (Å²) in [6.45, 7) is 9.12. The second kappa shape index (κ2) is 7.08. The molecule has 0 aliphatic carbocycles. The number of aryl methyl sites for hydroxylation is 3. The van der Waals surface area contributed by atoms with Crippen LogP contribution in [0.2, 0.25) is 0 Å². The van der Waals surface area contributed by atoms with Crippen molar-refractivity contribution >= 4 is 5.91 Å². The van der Waals surface area contributed by atoms with Crippen molar-refractivity contribution in [2.24, 2.45) is 5.41 Å². The number of likely N-dealkylation sites (tertiary alicyclic amines) is 2. The number of nitrogens with zero attached hydrogens (tertiary/aromatic N) is 2. The first-order chi connectivity index (χ1) is 11.9. The van der Waals surface area contributed by atoms with Crippen LogP contribution in [0.3, 0.4) is 0 Å². The Kier molecular flexibility index (Phi) is 5.21. The second-order valence-corrected chi connectivity index (χ2v) is 8.26. The Morgan fingerprint density at radius 3 is 2.52 bits per heavy atom. The zero-order valence-electron chi connectivity index (χ0n) is 16.1. The largest absolute Gasteiger partial charge is 0.396 e. The Morgan fingerprint density at radius 1 is 1.20 bits per heavy atom. The van der Waals surface area contributed by atoms with E-state index in [0.717, 1.165) is 38.9 Å². The maximum absolute atomic E-state index is 13.0. The van der Waals surface area contributed by atoms with E-state index < -0.39 is 0 Å². The minimum atomic E-state index is -0.0144. The number of amides is 1. The minimum absolute atomic E-state index is 0.0144. The van der Waals surface area contributed by atoms with Gasteiger partial charge < -0.3 is 14.9 Å². The van der Waals surface area contributed by atoms with Gasteiger partial charge in [-0.25, -0.2) is 0 Å². The summed E-state index contributed by atoms with van der Waals surface area (Å²) in [5.74, 6) is 0.223. The number of hydrogen-bond acceptors (Lipinski definition) is 3. The van der Waals surface area contributed by atoms with Crippen LogP contribution in [-0.2, 0) is 11.2 Å². The van der Waals surface area contributed by atoms with Crippen LogP contribution in [0.5, 0.6) is 0 Å². The van der Waals surface area contributed by atoms with E-state index in [4.69, 9.17) is 0 Å². The Bertz CT molecular complexity index is 634. The highest BCUT2D eigenvalue weighted by Crippen LogP contribution is 2.41. The molecule has 0 saturated carbocycles. The Morgan fingerprint density at radius 2 is 1.88 bits per heavy atom. The van der Waals surface area contributed by atoms with Gasteiger partial charge in [0.2, 0.25) is 5.91 Å². The van der Waals surface area contributed by atoms with E-state index in [2.05, 4.69) is 44.9 Å². The van der Waals surface area contributed by atoms with Crippen molar-refractivity contribution in [1.82, 2.24) is 9.80 Å². The molecule has 2 fully saturated rings. The molecule has 2 aliphatic rings. The van der Waals surface area contributed by atoms with Gasteiger partial charge in [-0.05, 0) is 70.3 Å². The van der Waals surface area contributed by atoms with Gasteiger partial charge >= 0.3 is 0 Å². The first-order valence-corrected chi connectivity index (χ1v) is 9.52. The molecule has 1 amide bonds. The molecule has 1 aromatic rings. The molecular formula is C21H32N2O2. The van der Waals surface area contributed by atoms with Crippen molar-refractivity contribution in [2.45, 2.75) is 52.5 Å². The number of aliphatic hydroxyl groups excluding tert-OH is 1. The van der Waals surface area contributed by atoms with E-state index >= 15 is 0 Å². The van der Waals surface area contributed by atoms with Crippen LogP contribution in [0.25, 0.3) is 0 Å². The lowest BCUT2D eigenvalue weighted by Crippen LogP contribution is -2.62. The Hall–Kier alpha value is -1.39. The molecule has 3 rings (SSSR count). The number of rotatable bonds is 3. The summed E-state index contributed by atoms with van der Waals surface area (Å²) in [4.78, 5) is 17.4. The zero-order chi connectivity index (χ0) is 18.2. The second-order valence-electron chi connectivity index (χ2n) is 8.26. The molecule has 1 N–H and O–H groups in total. The van der Waals surface area contributed by atoms with E-state index in [1.807, 2.05) is 4.90 Å². The number of carbonyl (C=O) groups is 1. The number of benzene rings is 1. The molecule has 2 saturated heterocycles. The topological polar surface area (TPSA) is 43.8 Å². The fourth-order valence-electron chi connectivity index (χ4n) is 4.99. The lowest BCUT2D eigenvalue weighted by molar-refractivity contribution is -0.139. The lowest BCUT2D eigenvalue weighted by Gasteiger charge is -2.53. The standard InChI is InChI=1S/C21H32N2O2/c1-15-10-16(2)18(17(3)11-15)12-20(25)23-9-7-21(14-24)6-5-8-22(4)19(21)13-23/h10-11,19,24H,5-9,12-14H2,1-4H3/t19-,21-/m1/s1. The molecule has 0 unspecified atom stereocenters. The van der Waals surface area contributed by atoms with Gasteiger partial charge in [0, 0.05) is 24.5 Å². The van der Waals surface area contributed by atoms with E-state index in [1.165, 1.54) is 22.3 Å². The quantitative estimate of drug-likeness (QED) is 0.916. The molecule has 2 atom stereocenters. The summed E-state index contributed by atoms with van der Waals surface area (Å²) in [6, 6.07) is 4.61. The van der Waals surface area contributed by atoms with Gasteiger partial charge in [-0.3, -0.25) is 4.79 Å². The summed E-state index contributed by atoms with van der Waals surface area (Å²) in [5, 5.41) is 10.0. The summed E-state index contributed by atoms with van der Waals surface area (Å²) < 4.78 is 0. The van der Waals surface area contributed by atoms with Gasteiger partial charge in [-0.1, -0.05) is 17.7 Å². The third-order valence-electron chi connectivity index (χ3n) is 6.53. The van der Waals surface area contributed by atoms with Crippen molar-refractivity contribution in [3.05, 3.63) is 34.4 Å². The SMILES string of the molecule is Cc1cc(C)c(CC(=O)N2CC[C@@]3(CO)CCCN(C)[C@@H]3C2)c(C)c1. The summed E-state index contributed by atoms with van der Waals surface area (Å²) in [6.07, 6.45) is 3.62. The molecule has 4 heteroatoms. The zero-order valence-corrected chi connectivity index (χ0v) is 16.1. The van der Waals surface area contributed by atoms with Crippen LogP contribution in [0.4, 0.5) is 0 Å². The van der Waals surface area contributed by atoms with Crippen LogP contribution >= 0.6 is 0 Å². The smallest absolute Gasteiger partial charge is 0.227 e. The molecule has 2 aliphatic heterocycles. The third-order valence-corrected chi connectivity index (χ3v) is 6.53. The maximum atomic E-state index is 13.0. The van der Waals surface area contributed by atoms with Crippen molar-refractivity contribution in [3.8, 4) is 0 Å². The predicted octanol–water partition coefficient (Wildman–Crippen LogP) is 2.46. The van der Waals surface area contributed by atoms with Gasteiger partial charge in [0.25, 0.3) is 0 Å². The molecule has 0 aromatic heterocycles. The van der Waals surface area contributed by atoms with Gasteiger partial charge in [0.05, 0.1) is 13.0 Å². The van der Waals surface area contributed by atoms with Crippen LogP contribution in [0.1, 0.15) is 41.5 Å². The summed E-state index contributed by atoms with van der Waals surface area (Å²) >= 11 is 0. The fraction of sp³-hybridized carbons (Fsp3) is 0.667. The molecule has 4 nitrogen and oxygen atoms in total. The Labute approximate surface area is 151 Å². The average molecular weight is 344 g/mol. The molecule has 0 bridgehead atoms. The number of hydrogen-bond donors (Lipinski definition) is 1. The summed E-state index contributed by atoms with van der Waals surface area (Å²) in [5.41, 5.74) is 4.83. The van der Waals surface area contributed by atoms with Crippen molar-refractivity contribution in [2.75, 3.05) is 33.3 Å². The highest BCUT2D eigenvalue weighted by atomic mass is 16.3. The third kappa shape index (κ3) is 3.47. The number of aliphatic hydroxyl groups is 1. The number of fused-ring (bicyclic) bond motifs is 1. The van der Waals surface area contributed by atoms with E-state index in [9.17, 15) is 9.90 Å². The fourth-order valence-corrected chi connectivity index (χ4v) is 4.99. The van der Waals surface area contributed by atoms with Crippen LogP contribution in [0, 0.1) is 26.2 Å². The normalized spacial score (nSPS) is 27.2. The number of likely N-dealkylation sites (N-methyl/N-ethyl adjacent to an activating group) is 1. The van der Waals surface area contributed by atoms with Gasteiger partial charge in [0.1, 0.15) is 0 Å². The number of carbonyl (C=O) groups excluding carboxylic acids is 1.